The van der Waals surface area contributed by atoms with E-state index in [0.717, 1.165) is 6.61 Å². The Bertz CT molecular complexity index is 162. The summed E-state index contributed by atoms with van der Waals surface area (Å²) in [6.07, 6.45) is 1.61. The lowest BCUT2D eigenvalue weighted by Crippen LogP contribution is -2.46. The van der Waals surface area contributed by atoms with E-state index in [-0.39, 0.29) is 0 Å². The van der Waals surface area contributed by atoms with Crippen molar-refractivity contribution in [2.75, 3.05) is 13.7 Å². The van der Waals surface area contributed by atoms with Crippen molar-refractivity contribution < 1.29 is 4.74 Å². The maximum atomic E-state index is 5.60. The molecule has 0 amide bonds. The van der Waals surface area contributed by atoms with E-state index < -0.39 is 0 Å². The summed E-state index contributed by atoms with van der Waals surface area (Å²) in [5.41, 5.74) is 0.321. The van der Waals surface area contributed by atoms with Gasteiger partial charge >= 0.3 is 0 Å². The molecule has 1 heterocycles. The van der Waals surface area contributed by atoms with Gasteiger partial charge < -0.3 is 10.1 Å². The minimum absolute atomic E-state index is 0.321. The van der Waals surface area contributed by atoms with Gasteiger partial charge in [0.1, 0.15) is 0 Å². The van der Waals surface area contributed by atoms with Crippen LogP contribution in [0.3, 0.4) is 0 Å². The van der Waals surface area contributed by atoms with Gasteiger partial charge in [0.25, 0.3) is 0 Å². The third kappa shape index (κ3) is 2.44. The Labute approximate surface area is 82.0 Å². The highest BCUT2D eigenvalue weighted by molar-refractivity contribution is 4.90. The number of hydrogen-bond donors (Lipinski definition) is 1. The monoisotopic (exact) mass is 185 g/mol. The molecule has 3 unspecified atom stereocenters. The van der Waals surface area contributed by atoms with Crippen LogP contribution in [-0.4, -0.2) is 25.8 Å². The standard InChI is InChI=1S/C11H23NO/c1-8-9(6-7-13-8)10(12-5)11(2,3)4/h8-10,12H,6-7H2,1-5H3. The van der Waals surface area contributed by atoms with Gasteiger partial charge in [-0.25, -0.2) is 0 Å². The zero-order chi connectivity index (χ0) is 10.1. The molecule has 2 nitrogen and oxygen atoms in total. The predicted octanol–water partition coefficient (Wildman–Crippen LogP) is 2.05. The fourth-order valence-corrected chi connectivity index (χ4v) is 2.48. The van der Waals surface area contributed by atoms with E-state index in [1.165, 1.54) is 6.42 Å². The van der Waals surface area contributed by atoms with Gasteiger partial charge in [-0.05, 0) is 25.8 Å². The van der Waals surface area contributed by atoms with Gasteiger partial charge in [-0.2, -0.15) is 0 Å². The summed E-state index contributed by atoms with van der Waals surface area (Å²) in [6, 6.07) is 0.560. The number of ether oxygens (including phenoxy) is 1. The number of hydrogen-bond acceptors (Lipinski definition) is 2. The largest absolute Gasteiger partial charge is 0.378 e. The Morgan fingerprint density at radius 2 is 2.00 bits per heavy atom. The molecule has 0 bridgehead atoms. The summed E-state index contributed by atoms with van der Waals surface area (Å²) >= 11 is 0. The average molecular weight is 185 g/mol. The fraction of sp³-hybridized carbons (Fsp3) is 1.00. The molecule has 0 spiro atoms. The summed E-state index contributed by atoms with van der Waals surface area (Å²) in [4.78, 5) is 0. The number of rotatable bonds is 2. The van der Waals surface area contributed by atoms with Crippen LogP contribution in [0.5, 0.6) is 0 Å². The molecule has 2 heteroatoms. The first-order chi connectivity index (χ1) is 5.96. The molecule has 1 rings (SSSR count). The lowest BCUT2D eigenvalue weighted by atomic mass is 9.76. The first-order valence-electron chi connectivity index (χ1n) is 5.25. The summed E-state index contributed by atoms with van der Waals surface area (Å²) < 4.78 is 5.60. The van der Waals surface area contributed by atoms with E-state index in [1.54, 1.807) is 0 Å². The molecule has 78 valence electrons. The van der Waals surface area contributed by atoms with E-state index in [9.17, 15) is 0 Å². The Hall–Kier alpha value is -0.0800. The first kappa shape index (κ1) is 11.0. The van der Waals surface area contributed by atoms with E-state index in [4.69, 9.17) is 4.74 Å². The van der Waals surface area contributed by atoms with Crippen LogP contribution in [0.15, 0.2) is 0 Å². The van der Waals surface area contributed by atoms with Crippen LogP contribution in [-0.2, 0) is 4.74 Å². The summed E-state index contributed by atoms with van der Waals surface area (Å²) in [5, 5.41) is 3.43. The topological polar surface area (TPSA) is 21.3 Å². The molecular formula is C11H23NO. The Balaban J connectivity index is 2.66. The van der Waals surface area contributed by atoms with Gasteiger partial charge in [-0.1, -0.05) is 20.8 Å². The van der Waals surface area contributed by atoms with Gasteiger partial charge in [0.15, 0.2) is 0 Å². The second kappa shape index (κ2) is 3.97. The molecule has 0 aromatic rings. The summed E-state index contributed by atoms with van der Waals surface area (Å²) in [6.45, 7) is 9.99. The highest BCUT2D eigenvalue weighted by atomic mass is 16.5. The third-order valence-corrected chi connectivity index (χ3v) is 3.11. The van der Waals surface area contributed by atoms with Crippen molar-refractivity contribution in [3.05, 3.63) is 0 Å². The molecule has 3 atom stereocenters. The van der Waals surface area contributed by atoms with E-state index in [0.29, 0.717) is 23.5 Å². The van der Waals surface area contributed by atoms with Crippen LogP contribution in [0.2, 0.25) is 0 Å². The van der Waals surface area contributed by atoms with Crippen molar-refractivity contribution >= 4 is 0 Å². The van der Waals surface area contributed by atoms with E-state index >= 15 is 0 Å². The molecule has 0 aliphatic carbocycles. The first-order valence-corrected chi connectivity index (χ1v) is 5.25. The molecule has 1 aliphatic rings. The van der Waals surface area contributed by atoms with Gasteiger partial charge in [0, 0.05) is 18.6 Å². The minimum Gasteiger partial charge on any atom is -0.378 e. The van der Waals surface area contributed by atoms with Crippen molar-refractivity contribution in [2.24, 2.45) is 11.3 Å². The summed E-state index contributed by atoms with van der Waals surface area (Å²) in [7, 11) is 2.06. The maximum Gasteiger partial charge on any atom is 0.0591 e. The molecule has 1 fully saturated rings. The van der Waals surface area contributed by atoms with Crippen molar-refractivity contribution in [1.29, 1.82) is 0 Å². The summed E-state index contributed by atoms with van der Waals surface area (Å²) in [5.74, 6) is 0.671. The molecule has 0 radical (unpaired) electrons. The zero-order valence-corrected chi connectivity index (χ0v) is 9.55. The van der Waals surface area contributed by atoms with Crippen LogP contribution >= 0.6 is 0 Å². The maximum absolute atomic E-state index is 5.60. The van der Waals surface area contributed by atoms with Crippen LogP contribution in [0.25, 0.3) is 0 Å². The molecule has 0 aromatic heterocycles. The van der Waals surface area contributed by atoms with Gasteiger partial charge in [0.05, 0.1) is 6.10 Å². The Morgan fingerprint density at radius 3 is 2.31 bits per heavy atom. The smallest absolute Gasteiger partial charge is 0.0591 e. The van der Waals surface area contributed by atoms with Crippen molar-refractivity contribution in [3.63, 3.8) is 0 Å². The molecule has 1 N–H and O–H groups in total. The van der Waals surface area contributed by atoms with Crippen LogP contribution in [0.4, 0.5) is 0 Å². The molecule has 1 aliphatic heterocycles. The van der Waals surface area contributed by atoms with E-state index in [2.05, 4.69) is 40.1 Å². The Kier molecular flexibility index (Phi) is 3.36. The van der Waals surface area contributed by atoms with Crippen LogP contribution < -0.4 is 5.32 Å². The van der Waals surface area contributed by atoms with Crippen LogP contribution in [0.1, 0.15) is 34.1 Å². The van der Waals surface area contributed by atoms with Gasteiger partial charge in [-0.3, -0.25) is 0 Å². The van der Waals surface area contributed by atoms with Gasteiger partial charge in [-0.15, -0.1) is 0 Å². The van der Waals surface area contributed by atoms with Crippen LogP contribution in [0, 0.1) is 11.3 Å². The minimum atomic E-state index is 0.321. The zero-order valence-electron chi connectivity index (χ0n) is 9.55. The molecule has 1 saturated heterocycles. The number of nitrogens with one attached hydrogen (secondary N) is 1. The average Bonchev–Trinajstić information content (AvgIpc) is 2.35. The molecule has 0 aromatic carbocycles. The van der Waals surface area contributed by atoms with Crippen molar-refractivity contribution in [2.45, 2.75) is 46.3 Å². The van der Waals surface area contributed by atoms with E-state index in [1.807, 2.05) is 0 Å². The lowest BCUT2D eigenvalue weighted by molar-refractivity contribution is 0.0775. The second-order valence-corrected chi connectivity index (χ2v) is 5.16. The predicted molar refractivity (Wildman–Crippen MR) is 55.8 cm³/mol. The van der Waals surface area contributed by atoms with Gasteiger partial charge in [0.2, 0.25) is 0 Å². The van der Waals surface area contributed by atoms with Crippen molar-refractivity contribution in [3.8, 4) is 0 Å². The quantitative estimate of drug-likeness (QED) is 0.711. The molecule has 13 heavy (non-hydrogen) atoms. The highest BCUT2D eigenvalue weighted by Crippen LogP contribution is 2.33. The normalized spacial score (nSPS) is 32.1. The third-order valence-electron chi connectivity index (χ3n) is 3.11. The Morgan fingerprint density at radius 1 is 1.38 bits per heavy atom. The SMILES string of the molecule is CNC(C1CCOC1C)C(C)(C)C. The molecular weight excluding hydrogens is 162 g/mol. The molecule has 0 saturated carbocycles. The van der Waals surface area contributed by atoms with Crippen molar-refractivity contribution in [1.82, 2.24) is 5.32 Å². The fourth-order valence-electron chi connectivity index (χ4n) is 2.48. The lowest BCUT2D eigenvalue weighted by Gasteiger charge is -2.36. The second-order valence-electron chi connectivity index (χ2n) is 5.16. The highest BCUT2D eigenvalue weighted by Gasteiger charge is 2.37.